The SMILES string of the molecule is Cc1ccc(CC(C)Nc2cccc(N)c2)s1. The van der Waals surface area contributed by atoms with Gasteiger partial charge >= 0.3 is 0 Å². The van der Waals surface area contributed by atoms with Gasteiger partial charge in [-0.15, -0.1) is 11.3 Å². The van der Waals surface area contributed by atoms with E-state index in [1.807, 2.05) is 35.6 Å². The van der Waals surface area contributed by atoms with Crippen molar-refractivity contribution in [3.05, 3.63) is 46.2 Å². The minimum Gasteiger partial charge on any atom is -0.399 e. The van der Waals surface area contributed by atoms with Gasteiger partial charge in [0.05, 0.1) is 0 Å². The molecule has 1 heterocycles. The van der Waals surface area contributed by atoms with E-state index in [1.54, 1.807) is 0 Å². The van der Waals surface area contributed by atoms with Gasteiger partial charge in [-0.3, -0.25) is 0 Å². The second-order valence-corrected chi connectivity index (χ2v) is 5.76. The summed E-state index contributed by atoms with van der Waals surface area (Å²) in [4.78, 5) is 2.79. The van der Waals surface area contributed by atoms with Crippen molar-refractivity contribution >= 4 is 22.7 Å². The Hall–Kier alpha value is -1.48. The molecule has 2 nitrogen and oxygen atoms in total. The molecule has 0 saturated carbocycles. The van der Waals surface area contributed by atoms with Crippen LogP contribution in [0.4, 0.5) is 11.4 Å². The van der Waals surface area contributed by atoms with Crippen molar-refractivity contribution in [1.29, 1.82) is 0 Å². The predicted molar refractivity (Wildman–Crippen MR) is 76.7 cm³/mol. The number of nitrogens with two attached hydrogens (primary N) is 1. The number of aryl methyl sites for hydroxylation is 1. The zero-order valence-corrected chi connectivity index (χ0v) is 11.1. The van der Waals surface area contributed by atoms with Crippen LogP contribution >= 0.6 is 11.3 Å². The van der Waals surface area contributed by atoms with Crippen LogP contribution in [0.3, 0.4) is 0 Å². The average Bonchev–Trinajstić information content (AvgIpc) is 2.63. The van der Waals surface area contributed by atoms with Gasteiger partial charge in [-0.2, -0.15) is 0 Å². The van der Waals surface area contributed by atoms with Crippen LogP contribution in [-0.2, 0) is 6.42 Å². The van der Waals surface area contributed by atoms with E-state index in [4.69, 9.17) is 5.73 Å². The summed E-state index contributed by atoms with van der Waals surface area (Å²) < 4.78 is 0. The first kappa shape index (κ1) is 12.0. The summed E-state index contributed by atoms with van der Waals surface area (Å²) >= 11 is 1.87. The third-order valence-electron chi connectivity index (χ3n) is 2.60. The van der Waals surface area contributed by atoms with Gasteiger partial charge in [0.15, 0.2) is 0 Å². The van der Waals surface area contributed by atoms with Crippen LogP contribution in [0.5, 0.6) is 0 Å². The molecule has 2 aromatic rings. The fraction of sp³-hybridized carbons (Fsp3) is 0.286. The zero-order valence-electron chi connectivity index (χ0n) is 10.2. The highest BCUT2D eigenvalue weighted by Crippen LogP contribution is 2.19. The van der Waals surface area contributed by atoms with E-state index in [1.165, 1.54) is 9.75 Å². The van der Waals surface area contributed by atoms with Crippen LogP contribution in [0.15, 0.2) is 36.4 Å². The first-order valence-corrected chi connectivity index (χ1v) is 6.62. The van der Waals surface area contributed by atoms with Crippen molar-refractivity contribution in [2.75, 3.05) is 11.1 Å². The van der Waals surface area contributed by atoms with Gasteiger partial charge in [0.1, 0.15) is 0 Å². The van der Waals surface area contributed by atoms with Crippen LogP contribution < -0.4 is 11.1 Å². The Morgan fingerprint density at radius 2 is 2.12 bits per heavy atom. The molecule has 0 aliphatic rings. The fourth-order valence-corrected chi connectivity index (χ4v) is 2.88. The second-order valence-electron chi connectivity index (χ2n) is 4.39. The van der Waals surface area contributed by atoms with E-state index in [2.05, 4.69) is 31.3 Å². The van der Waals surface area contributed by atoms with E-state index in [0.29, 0.717) is 6.04 Å². The van der Waals surface area contributed by atoms with Crippen molar-refractivity contribution < 1.29 is 0 Å². The molecule has 0 aliphatic heterocycles. The van der Waals surface area contributed by atoms with Gasteiger partial charge in [0.25, 0.3) is 0 Å². The summed E-state index contributed by atoms with van der Waals surface area (Å²) in [5.41, 5.74) is 7.64. The molecule has 0 saturated heterocycles. The van der Waals surface area contributed by atoms with Crippen LogP contribution in [0.2, 0.25) is 0 Å². The highest BCUT2D eigenvalue weighted by molar-refractivity contribution is 7.11. The van der Waals surface area contributed by atoms with Gasteiger partial charge in [0, 0.05) is 33.6 Å². The first-order chi connectivity index (χ1) is 8.13. The van der Waals surface area contributed by atoms with Crippen molar-refractivity contribution in [2.45, 2.75) is 26.3 Å². The largest absolute Gasteiger partial charge is 0.399 e. The predicted octanol–water partition coefficient (Wildman–Crippen LogP) is 3.68. The van der Waals surface area contributed by atoms with E-state index in [-0.39, 0.29) is 0 Å². The Bertz CT molecular complexity index is 490. The minimum absolute atomic E-state index is 0.412. The molecule has 1 aromatic heterocycles. The molecule has 3 heteroatoms. The number of hydrogen-bond donors (Lipinski definition) is 2. The van der Waals surface area contributed by atoms with E-state index >= 15 is 0 Å². The number of anilines is 2. The lowest BCUT2D eigenvalue weighted by atomic mass is 10.2. The maximum Gasteiger partial charge on any atom is 0.0362 e. The standard InChI is InChI=1S/C14H18N2S/c1-10(8-14-7-6-11(2)17-14)16-13-5-3-4-12(15)9-13/h3-7,9-10,16H,8,15H2,1-2H3. The van der Waals surface area contributed by atoms with Crippen LogP contribution in [0, 0.1) is 6.92 Å². The number of rotatable bonds is 4. The molecule has 0 fully saturated rings. The van der Waals surface area contributed by atoms with Gasteiger partial charge in [0.2, 0.25) is 0 Å². The number of thiophene rings is 1. The monoisotopic (exact) mass is 246 g/mol. The lowest BCUT2D eigenvalue weighted by Crippen LogP contribution is -2.17. The fourth-order valence-electron chi connectivity index (χ4n) is 1.86. The summed E-state index contributed by atoms with van der Waals surface area (Å²) in [6.45, 7) is 4.34. The molecule has 3 N–H and O–H groups in total. The number of nitrogens with one attached hydrogen (secondary N) is 1. The third-order valence-corrected chi connectivity index (χ3v) is 3.63. The summed E-state index contributed by atoms with van der Waals surface area (Å²) in [5, 5.41) is 3.47. The molecule has 0 bridgehead atoms. The highest BCUT2D eigenvalue weighted by Gasteiger charge is 2.05. The van der Waals surface area contributed by atoms with Crippen molar-refractivity contribution in [1.82, 2.24) is 0 Å². The molecule has 0 aliphatic carbocycles. The van der Waals surface area contributed by atoms with Gasteiger partial charge in [-0.25, -0.2) is 0 Å². The molecule has 2 rings (SSSR count). The topological polar surface area (TPSA) is 38.0 Å². The Labute approximate surface area is 106 Å². The number of nitrogen functional groups attached to an aromatic ring is 1. The molecule has 1 atom stereocenters. The molecule has 0 spiro atoms. The minimum atomic E-state index is 0.412. The van der Waals surface area contributed by atoms with Gasteiger partial charge in [-0.05, 0) is 44.2 Å². The zero-order chi connectivity index (χ0) is 12.3. The summed E-state index contributed by atoms with van der Waals surface area (Å²) in [7, 11) is 0. The lowest BCUT2D eigenvalue weighted by molar-refractivity contribution is 0.801. The van der Waals surface area contributed by atoms with Crippen molar-refractivity contribution in [2.24, 2.45) is 0 Å². The van der Waals surface area contributed by atoms with Crippen molar-refractivity contribution in [3.8, 4) is 0 Å². The molecular weight excluding hydrogens is 228 g/mol. The Morgan fingerprint density at radius 3 is 2.76 bits per heavy atom. The van der Waals surface area contributed by atoms with Crippen LogP contribution in [0.1, 0.15) is 16.7 Å². The lowest BCUT2D eigenvalue weighted by Gasteiger charge is -2.14. The Kier molecular flexibility index (Phi) is 3.69. The van der Waals surface area contributed by atoms with Crippen LogP contribution in [0.25, 0.3) is 0 Å². The van der Waals surface area contributed by atoms with Crippen molar-refractivity contribution in [3.63, 3.8) is 0 Å². The third kappa shape index (κ3) is 3.49. The number of benzene rings is 1. The highest BCUT2D eigenvalue weighted by atomic mass is 32.1. The Balaban J connectivity index is 1.95. The normalized spacial score (nSPS) is 12.4. The molecule has 17 heavy (non-hydrogen) atoms. The number of hydrogen-bond acceptors (Lipinski definition) is 3. The maximum absolute atomic E-state index is 5.75. The summed E-state index contributed by atoms with van der Waals surface area (Å²) in [5.74, 6) is 0. The molecule has 0 amide bonds. The van der Waals surface area contributed by atoms with E-state index in [0.717, 1.165) is 17.8 Å². The molecular formula is C14H18N2S. The molecule has 1 unspecified atom stereocenters. The smallest absolute Gasteiger partial charge is 0.0362 e. The maximum atomic E-state index is 5.75. The first-order valence-electron chi connectivity index (χ1n) is 5.81. The van der Waals surface area contributed by atoms with Crippen LogP contribution in [-0.4, -0.2) is 6.04 Å². The summed E-state index contributed by atoms with van der Waals surface area (Å²) in [6.07, 6.45) is 1.05. The van der Waals surface area contributed by atoms with Gasteiger partial charge in [-0.1, -0.05) is 6.07 Å². The quantitative estimate of drug-likeness (QED) is 0.808. The average molecular weight is 246 g/mol. The second kappa shape index (κ2) is 5.23. The van der Waals surface area contributed by atoms with Gasteiger partial charge < -0.3 is 11.1 Å². The van der Waals surface area contributed by atoms with E-state index in [9.17, 15) is 0 Å². The summed E-state index contributed by atoms with van der Waals surface area (Å²) in [6, 6.07) is 12.7. The molecule has 0 radical (unpaired) electrons. The molecule has 90 valence electrons. The van der Waals surface area contributed by atoms with E-state index < -0.39 is 0 Å². The Morgan fingerprint density at radius 1 is 1.29 bits per heavy atom. The molecule has 1 aromatic carbocycles.